The van der Waals surface area contributed by atoms with E-state index in [0.717, 1.165) is 6.42 Å². The zero-order valence-electron chi connectivity index (χ0n) is 8.66. The fourth-order valence-electron chi connectivity index (χ4n) is 1.50. The molecule has 0 heterocycles. The van der Waals surface area contributed by atoms with Gasteiger partial charge in [0.05, 0.1) is 6.61 Å². The highest BCUT2D eigenvalue weighted by Crippen LogP contribution is 2.19. The number of benzene rings is 1. The van der Waals surface area contributed by atoms with Gasteiger partial charge in [-0.05, 0) is 30.5 Å². The van der Waals surface area contributed by atoms with Crippen molar-refractivity contribution in [2.24, 2.45) is 0 Å². The van der Waals surface area contributed by atoms with Gasteiger partial charge in [0.15, 0.2) is 0 Å². The van der Waals surface area contributed by atoms with Gasteiger partial charge < -0.3 is 10.2 Å². The molecule has 0 saturated carbocycles. The largest absolute Gasteiger partial charge is 0.508 e. The fourth-order valence-corrected chi connectivity index (χ4v) is 1.50. The standard InChI is InChI=1S/C12H18O2/c1-2-3-4-5-10-6-7-12(14)11(8-10)9-13/h6-8,13-14H,2-5,9H2,1H3. The van der Waals surface area contributed by atoms with Gasteiger partial charge in [-0.25, -0.2) is 0 Å². The van der Waals surface area contributed by atoms with Crippen molar-refractivity contribution in [1.29, 1.82) is 0 Å². The third-order valence-electron chi connectivity index (χ3n) is 2.38. The van der Waals surface area contributed by atoms with Gasteiger partial charge in [0.2, 0.25) is 0 Å². The van der Waals surface area contributed by atoms with Crippen LogP contribution in [-0.2, 0) is 13.0 Å². The van der Waals surface area contributed by atoms with E-state index in [2.05, 4.69) is 6.92 Å². The highest BCUT2D eigenvalue weighted by Gasteiger charge is 2.01. The molecule has 0 aliphatic rings. The molecule has 0 amide bonds. The molecule has 0 spiro atoms. The first-order valence-electron chi connectivity index (χ1n) is 5.19. The molecular weight excluding hydrogens is 176 g/mol. The SMILES string of the molecule is CCCCCc1ccc(O)c(CO)c1. The summed E-state index contributed by atoms with van der Waals surface area (Å²) in [6.45, 7) is 2.09. The molecule has 1 aromatic rings. The average molecular weight is 194 g/mol. The third-order valence-corrected chi connectivity index (χ3v) is 2.38. The molecule has 2 N–H and O–H groups in total. The lowest BCUT2D eigenvalue weighted by Gasteiger charge is -2.05. The first-order valence-corrected chi connectivity index (χ1v) is 5.19. The van der Waals surface area contributed by atoms with Crippen LogP contribution in [0.15, 0.2) is 18.2 Å². The van der Waals surface area contributed by atoms with Crippen LogP contribution in [0, 0.1) is 0 Å². The Kier molecular flexibility index (Phi) is 4.47. The summed E-state index contributed by atoms with van der Waals surface area (Å²) in [4.78, 5) is 0. The number of aliphatic hydroxyl groups is 1. The van der Waals surface area contributed by atoms with E-state index >= 15 is 0 Å². The summed E-state index contributed by atoms with van der Waals surface area (Å²) < 4.78 is 0. The number of hydrogen-bond donors (Lipinski definition) is 2. The Labute approximate surface area is 85.2 Å². The van der Waals surface area contributed by atoms with Gasteiger partial charge in [0.1, 0.15) is 5.75 Å². The Bertz CT molecular complexity index is 282. The van der Waals surface area contributed by atoms with Crippen molar-refractivity contribution in [2.45, 2.75) is 39.2 Å². The van der Waals surface area contributed by atoms with E-state index in [4.69, 9.17) is 5.11 Å². The zero-order valence-corrected chi connectivity index (χ0v) is 8.66. The number of hydrogen-bond acceptors (Lipinski definition) is 2. The molecule has 0 atom stereocenters. The summed E-state index contributed by atoms with van der Waals surface area (Å²) >= 11 is 0. The van der Waals surface area contributed by atoms with Crippen LogP contribution in [0.4, 0.5) is 0 Å². The number of unbranched alkanes of at least 4 members (excludes halogenated alkanes) is 2. The number of rotatable bonds is 5. The third kappa shape index (κ3) is 3.04. The van der Waals surface area contributed by atoms with E-state index in [1.165, 1.54) is 24.8 Å². The lowest BCUT2D eigenvalue weighted by atomic mass is 10.0. The van der Waals surface area contributed by atoms with E-state index in [9.17, 15) is 5.11 Å². The highest BCUT2D eigenvalue weighted by molar-refractivity contribution is 5.35. The average Bonchev–Trinajstić information content (AvgIpc) is 2.21. The highest BCUT2D eigenvalue weighted by atomic mass is 16.3. The quantitative estimate of drug-likeness (QED) is 0.707. The van der Waals surface area contributed by atoms with Crippen molar-refractivity contribution in [2.75, 3.05) is 0 Å². The second-order valence-corrected chi connectivity index (χ2v) is 3.58. The minimum absolute atomic E-state index is 0.0898. The first kappa shape index (κ1) is 11.1. The number of phenols is 1. The molecule has 0 fully saturated rings. The van der Waals surface area contributed by atoms with Crippen molar-refractivity contribution < 1.29 is 10.2 Å². The normalized spacial score (nSPS) is 10.4. The van der Waals surface area contributed by atoms with Crippen molar-refractivity contribution in [3.05, 3.63) is 29.3 Å². The zero-order chi connectivity index (χ0) is 10.4. The molecule has 14 heavy (non-hydrogen) atoms. The molecule has 1 rings (SSSR count). The number of aliphatic hydroxyl groups excluding tert-OH is 1. The van der Waals surface area contributed by atoms with Crippen LogP contribution in [0.25, 0.3) is 0 Å². The van der Waals surface area contributed by atoms with Crippen LogP contribution in [0.3, 0.4) is 0 Å². The monoisotopic (exact) mass is 194 g/mol. The molecular formula is C12H18O2. The Morgan fingerprint density at radius 2 is 2.00 bits per heavy atom. The van der Waals surface area contributed by atoms with Crippen molar-refractivity contribution in [3.63, 3.8) is 0 Å². The second kappa shape index (κ2) is 5.66. The first-order chi connectivity index (χ1) is 6.77. The predicted molar refractivity (Wildman–Crippen MR) is 57.3 cm³/mol. The van der Waals surface area contributed by atoms with E-state index in [1.807, 2.05) is 12.1 Å². The summed E-state index contributed by atoms with van der Waals surface area (Å²) in [5, 5.41) is 18.3. The topological polar surface area (TPSA) is 40.5 Å². The maximum absolute atomic E-state index is 9.35. The van der Waals surface area contributed by atoms with Crippen LogP contribution in [0.2, 0.25) is 0 Å². The lowest BCUT2D eigenvalue weighted by Crippen LogP contribution is -1.90. The Hall–Kier alpha value is -1.02. The van der Waals surface area contributed by atoms with Crippen LogP contribution in [0.1, 0.15) is 37.3 Å². The van der Waals surface area contributed by atoms with Crippen LogP contribution >= 0.6 is 0 Å². The molecule has 78 valence electrons. The molecule has 0 aliphatic heterocycles. The number of aromatic hydroxyl groups is 1. The van der Waals surface area contributed by atoms with Crippen molar-refractivity contribution in [3.8, 4) is 5.75 Å². The van der Waals surface area contributed by atoms with Crippen LogP contribution in [0.5, 0.6) is 5.75 Å². The second-order valence-electron chi connectivity index (χ2n) is 3.58. The van der Waals surface area contributed by atoms with Crippen LogP contribution < -0.4 is 0 Å². The molecule has 0 unspecified atom stereocenters. The van der Waals surface area contributed by atoms with Gasteiger partial charge in [-0.3, -0.25) is 0 Å². The summed E-state index contributed by atoms with van der Waals surface area (Å²) in [6, 6.07) is 5.46. The van der Waals surface area contributed by atoms with E-state index < -0.39 is 0 Å². The summed E-state index contributed by atoms with van der Waals surface area (Å²) in [5.41, 5.74) is 1.82. The Morgan fingerprint density at radius 1 is 1.21 bits per heavy atom. The molecule has 2 heteroatoms. The smallest absolute Gasteiger partial charge is 0.121 e. The van der Waals surface area contributed by atoms with Gasteiger partial charge in [-0.15, -0.1) is 0 Å². The molecule has 0 bridgehead atoms. The van der Waals surface area contributed by atoms with Crippen molar-refractivity contribution in [1.82, 2.24) is 0 Å². The van der Waals surface area contributed by atoms with Crippen molar-refractivity contribution >= 4 is 0 Å². The lowest BCUT2D eigenvalue weighted by molar-refractivity contribution is 0.275. The Balaban J connectivity index is 2.60. The molecule has 0 radical (unpaired) electrons. The fraction of sp³-hybridized carbons (Fsp3) is 0.500. The van der Waals surface area contributed by atoms with E-state index in [0.29, 0.717) is 5.56 Å². The Morgan fingerprint density at radius 3 is 2.64 bits per heavy atom. The minimum atomic E-state index is -0.0898. The van der Waals surface area contributed by atoms with Gasteiger partial charge in [0.25, 0.3) is 0 Å². The van der Waals surface area contributed by atoms with E-state index in [-0.39, 0.29) is 12.4 Å². The molecule has 2 nitrogen and oxygen atoms in total. The molecule has 1 aromatic carbocycles. The van der Waals surface area contributed by atoms with E-state index in [1.54, 1.807) is 6.07 Å². The van der Waals surface area contributed by atoms with Crippen LogP contribution in [-0.4, -0.2) is 10.2 Å². The maximum atomic E-state index is 9.35. The predicted octanol–water partition coefficient (Wildman–Crippen LogP) is 2.62. The summed E-state index contributed by atoms with van der Waals surface area (Å²) in [5.74, 6) is 0.187. The summed E-state index contributed by atoms with van der Waals surface area (Å²) in [7, 11) is 0. The minimum Gasteiger partial charge on any atom is -0.508 e. The van der Waals surface area contributed by atoms with Gasteiger partial charge in [-0.1, -0.05) is 25.8 Å². The van der Waals surface area contributed by atoms with Gasteiger partial charge in [-0.2, -0.15) is 0 Å². The molecule has 0 saturated heterocycles. The van der Waals surface area contributed by atoms with Gasteiger partial charge in [0, 0.05) is 5.56 Å². The maximum Gasteiger partial charge on any atom is 0.121 e. The molecule has 0 aromatic heterocycles. The van der Waals surface area contributed by atoms with Gasteiger partial charge >= 0.3 is 0 Å². The molecule has 0 aliphatic carbocycles. The number of aryl methyl sites for hydroxylation is 1. The summed E-state index contributed by atoms with van der Waals surface area (Å²) in [6.07, 6.45) is 4.65.